The minimum absolute atomic E-state index is 0.0591. The van der Waals surface area contributed by atoms with E-state index in [0.29, 0.717) is 5.32 Å². The fourth-order valence-electron chi connectivity index (χ4n) is 1.01. The van der Waals surface area contributed by atoms with Gasteiger partial charge in [-0.25, -0.2) is 0 Å². The van der Waals surface area contributed by atoms with E-state index < -0.39 is 12.0 Å². The molecule has 0 saturated heterocycles. The first-order valence-electron chi connectivity index (χ1n) is 4.79. The molecule has 16 heavy (non-hydrogen) atoms. The Kier molecular flexibility index (Phi) is 5.02. The molecule has 1 unspecified atom stereocenters. The molecule has 0 bridgehead atoms. The number of carboxylic acid groups (broad SMARTS) is 1. The van der Waals surface area contributed by atoms with Crippen LogP contribution in [0.25, 0.3) is 0 Å². The zero-order valence-corrected chi connectivity index (χ0v) is 10.6. The number of nitrogens with one attached hydrogen (secondary N) is 1. The summed E-state index contributed by atoms with van der Waals surface area (Å²) in [4.78, 5) is 21.9. The van der Waals surface area contributed by atoms with Crippen molar-refractivity contribution in [2.45, 2.75) is 18.3 Å². The van der Waals surface area contributed by atoms with Crippen LogP contribution >= 0.6 is 0 Å². The van der Waals surface area contributed by atoms with Crippen molar-refractivity contribution in [2.24, 2.45) is 0 Å². The molecule has 0 heterocycles. The monoisotopic (exact) mass is 287 g/mol. The molecule has 5 heteroatoms. The number of hydrogen-bond acceptors (Lipinski definition) is 2. The van der Waals surface area contributed by atoms with Crippen LogP contribution in [0.4, 0.5) is 0 Å². The van der Waals surface area contributed by atoms with E-state index >= 15 is 0 Å². The van der Waals surface area contributed by atoms with Crippen LogP contribution in [0.1, 0.15) is 6.92 Å². The standard InChI is InChI=1S/C11H13NO3Se/c1-8(11(14)15)12-10(13)7-16-9-5-3-2-4-6-9/h2-6,8H,7H2,1H3,(H,12,13)(H,14,15). The molecule has 1 aromatic rings. The Bertz CT molecular complexity index is 367. The number of rotatable bonds is 5. The van der Waals surface area contributed by atoms with Crippen LogP contribution in [0.2, 0.25) is 5.32 Å². The van der Waals surface area contributed by atoms with E-state index in [1.54, 1.807) is 0 Å². The first kappa shape index (κ1) is 12.7. The number of benzene rings is 1. The predicted octanol–water partition coefficient (Wildman–Crippen LogP) is 0.0237. The molecule has 0 aliphatic rings. The first-order chi connectivity index (χ1) is 7.59. The molecular formula is C11H13NO3Se. The third kappa shape index (κ3) is 4.47. The average molecular weight is 286 g/mol. The quantitative estimate of drug-likeness (QED) is 0.750. The van der Waals surface area contributed by atoms with Crippen molar-refractivity contribution in [1.29, 1.82) is 0 Å². The van der Waals surface area contributed by atoms with Crippen molar-refractivity contribution in [3.8, 4) is 0 Å². The molecule has 0 radical (unpaired) electrons. The Morgan fingerprint density at radius 1 is 1.38 bits per heavy atom. The fraction of sp³-hybridized carbons (Fsp3) is 0.273. The maximum atomic E-state index is 11.4. The number of carbonyl (C=O) groups excluding carboxylic acids is 1. The molecule has 0 aliphatic carbocycles. The van der Waals surface area contributed by atoms with E-state index in [9.17, 15) is 9.59 Å². The maximum absolute atomic E-state index is 11.4. The van der Waals surface area contributed by atoms with Gasteiger partial charge in [0.05, 0.1) is 0 Å². The van der Waals surface area contributed by atoms with Gasteiger partial charge >= 0.3 is 99.9 Å². The topological polar surface area (TPSA) is 66.4 Å². The molecule has 86 valence electrons. The summed E-state index contributed by atoms with van der Waals surface area (Å²) >= 11 is 0.0591. The summed E-state index contributed by atoms with van der Waals surface area (Å²) in [6.07, 6.45) is 0. The first-order valence-corrected chi connectivity index (χ1v) is 6.86. The Balaban J connectivity index is 2.33. The summed E-state index contributed by atoms with van der Waals surface area (Å²) in [7, 11) is 0. The molecule has 1 aromatic carbocycles. The van der Waals surface area contributed by atoms with Gasteiger partial charge in [-0.3, -0.25) is 0 Å². The van der Waals surface area contributed by atoms with Crippen LogP contribution in [0, 0.1) is 0 Å². The normalized spacial score (nSPS) is 11.8. The summed E-state index contributed by atoms with van der Waals surface area (Å²) in [5, 5.41) is 11.4. The zero-order valence-electron chi connectivity index (χ0n) is 8.84. The number of carbonyl (C=O) groups is 2. The van der Waals surface area contributed by atoms with Gasteiger partial charge < -0.3 is 0 Å². The van der Waals surface area contributed by atoms with Crippen LogP contribution in [0.15, 0.2) is 30.3 Å². The van der Waals surface area contributed by atoms with Crippen molar-refractivity contribution >= 4 is 31.3 Å². The summed E-state index contributed by atoms with van der Waals surface area (Å²) < 4.78 is 1.13. The molecule has 4 nitrogen and oxygen atoms in total. The van der Waals surface area contributed by atoms with Gasteiger partial charge in [-0.1, -0.05) is 0 Å². The van der Waals surface area contributed by atoms with Gasteiger partial charge in [0.15, 0.2) is 0 Å². The molecule has 0 spiro atoms. The number of hydrogen-bond donors (Lipinski definition) is 2. The summed E-state index contributed by atoms with van der Waals surface area (Å²) in [6.45, 7) is 1.45. The van der Waals surface area contributed by atoms with Gasteiger partial charge in [-0.2, -0.15) is 0 Å². The fourth-order valence-corrected chi connectivity index (χ4v) is 2.54. The molecule has 0 aliphatic heterocycles. The van der Waals surface area contributed by atoms with Crippen LogP contribution < -0.4 is 9.78 Å². The molecular weight excluding hydrogens is 273 g/mol. The Morgan fingerprint density at radius 3 is 2.56 bits per heavy atom. The van der Waals surface area contributed by atoms with Gasteiger partial charge in [0.2, 0.25) is 0 Å². The molecule has 2 N–H and O–H groups in total. The van der Waals surface area contributed by atoms with Gasteiger partial charge in [0, 0.05) is 0 Å². The van der Waals surface area contributed by atoms with Crippen molar-refractivity contribution in [3.05, 3.63) is 30.3 Å². The second-order valence-electron chi connectivity index (χ2n) is 3.23. The molecule has 1 rings (SSSR count). The Hall–Kier alpha value is -1.32. The zero-order chi connectivity index (χ0) is 12.0. The van der Waals surface area contributed by atoms with E-state index in [2.05, 4.69) is 5.32 Å². The number of aliphatic carboxylic acids is 1. The number of amides is 1. The van der Waals surface area contributed by atoms with E-state index in [-0.39, 0.29) is 20.9 Å². The van der Waals surface area contributed by atoms with Gasteiger partial charge in [0.1, 0.15) is 0 Å². The number of carboxylic acids is 1. The van der Waals surface area contributed by atoms with E-state index in [1.165, 1.54) is 6.92 Å². The molecule has 0 saturated carbocycles. The third-order valence-corrected chi connectivity index (χ3v) is 3.98. The van der Waals surface area contributed by atoms with Crippen molar-refractivity contribution in [1.82, 2.24) is 5.32 Å². The van der Waals surface area contributed by atoms with Gasteiger partial charge in [0.25, 0.3) is 0 Å². The minimum atomic E-state index is -1.01. The Morgan fingerprint density at radius 2 is 2.00 bits per heavy atom. The average Bonchev–Trinajstić information content (AvgIpc) is 2.27. The summed E-state index contributed by atoms with van der Waals surface area (Å²) in [5.41, 5.74) is 0. The van der Waals surface area contributed by atoms with Gasteiger partial charge in [-0.05, 0) is 0 Å². The molecule has 1 atom stereocenters. The van der Waals surface area contributed by atoms with Crippen LogP contribution in [0.5, 0.6) is 0 Å². The molecule has 0 fully saturated rings. The summed E-state index contributed by atoms with van der Waals surface area (Å²) in [6, 6.07) is 8.89. The van der Waals surface area contributed by atoms with E-state index in [0.717, 1.165) is 4.46 Å². The Labute approximate surface area is 100 Å². The third-order valence-electron chi connectivity index (χ3n) is 1.86. The molecule has 1 amide bonds. The van der Waals surface area contributed by atoms with Crippen molar-refractivity contribution in [2.75, 3.05) is 0 Å². The van der Waals surface area contributed by atoms with Crippen molar-refractivity contribution in [3.63, 3.8) is 0 Å². The SMILES string of the molecule is CC(NC(=O)C[Se]c1ccccc1)C(=O)O. The second kappa shape index (κ2) is 6.30. The second-order valence-corrected chi connectivity index (χ2v) is 5.43. The van der Waals surface area contributed by atoms with Crippen LogP contribution in [-0.4, -0.2) is 38.0 Å². The van der Waals surface area contributed by atoms with E-state index in [1.807, 2.05) is 30.3 Å². The van der Waals surface area contributed by atoms with E-state index in [4.69, 9.17) is 5.11 Å². The molecule has 0 aromatic heterocycles. The van der Waals surface area contributed by atoms with Crippen molar-refractivity contribution < 1.29 is 14.7 Å². The summed E-state index contributed by atoms with van der Waals surface area (Å²) in [5.74, 6) is -1.22. The van der Waals surface area contributed by atoms with Crippen LogP contribution in [-0.2, 0) is 9.59 Å². The van der Waals surface area contributed by atoms with Gasteiger partial charge in [-0.15, -0.1) is 0 Å². The van der Waals surface area contributed by atoms with Crippen LogP contribution in [0.3, 0.4) is 0 Å². The predicted molar refractivity (Wildman–Crippen MR) is 61.9 cm³/mol.